The van der Waals surface area contributed by atoms with Crippen LogP contribution in [0.4, 0.5) is 0 Å². The second-order valence-corrected chi connectivity index (χ2v) is 7.88. The normalized spacial score (nSPS) is 11.3. The van der Waals surface area contributed by atoms with Crippen molar-refractivity contribution in [3.8, 4) is 22.8 Å². The van der Waals surface area contributed by atoms with Crippen LogP contribution in [0.2, 0.25) is 0 Å². The van der Waals surface area contributed by atoms with Crippen molar-refractivity contribution >= 4 is 10.1 Å². The molecule has 0 N–H and O–H groups in total. The molecule has 0 saturated carbocycles. The van der Waals surface area contributed by atoms with Crippen LogP contribution in [0, 0.1) is 6.92 Å². The molecule has 5 nitrogen and oxygen atoms in total. The van der Waals surface area contributed by atoms with Gasteiger partial charge in [0.2, 0.25) is 5.88 Å². The van der Waals surface area contributed by atoms with Gasteiger partial charge < -0.3 is 4.18 Å². The first kappa shape index (κ1) is 18.0. The molecule has 0 radical (unpaired) electrons. The maximum absolute atomic E-state index is 12.7. The van der Waals surface area contributed by atoms with Gasteiger partial charge in [-0.3, -0.25) is 0 Å². The molecule has 0 fully saturated rings. The Morgan fingerprint density at radius 3 is 2.18 bits per heavy atom. The Labute approximate surface area is 164 Å². The highest BCUT2D eigenvalue weighted by atomic mass is 32.2. The van der Waals surface area contributed by atoms with Gasteiger partial charge in [0.1, 0.15) is 4.90 Å². The average molecular weight is 390 g/mol. The number of aryl methyl sites for hydroxylation is 1. The summed E-state index contributed by atoms with van der Waals surface area (Å²) in [5.74, 6) is 0.133. The highest BCUT2D eigenvalue weighted by Gasteiger charge is 2.21. The zero-order chi connectivity index (χ0) is 19.6. The van der Waals surface area contributed by atoms with Crippen LogP contribution in [-0.2, 0) is 10.1 Å². The molecule has 0 atom stereocenters. The molecular weight excluding hydrogens is 372 g/mol. The highest BCUT2D eigenvalue weighted by molar-refractivity contribution is 7.87. The minimum absolute atomic E-state index is 0.0910. The van der Waals surface area contributed by atoms with Gasteiger partial charge >= 0.3 is 10.1 Å². The minimum Gasteiger partial charge on any atom is -0.358 e. The van der Waals surface area contributed by atoms with Gasteiger partial charge in [0.15, 0.2) is 0 Å². The van der Waals surface area contributed by atoms with Gasteiger partial charge in [0.25, 0.3) is 0 Å². The van der Waals surface area contributed by atoms with Crippen molar-refractivity contribution in [2.45, 2.75) is 11.8 Å². The lowest BCUT2D eigenvalue weighted by atomic mass is 10.2. The van der Waals surface area contributed by atoms with Crippen LogP contribution >= 0.6 is 0 Å². The van der Waals surface area contributed by atoms with Gasteiger partial charge in [-0.2, -0.15) is 18.2 Å². The molecule has 0 spiro atoms. The fourth-order valence-electron chi connectivity index (χ4n) is 2.87. The molecule has 1 heterocycles. The first-order valence-corrected chi connectivity index (χ1v) is 10.2. The van der Waals surface area contributed by atoms with Crippen molar-refractivity contribution in [1.82, 2.24) is 9.78 Å². The molecule has 6 heteroatoms. The molecular formula is C22H18N2O3S. The van der Waals surface area contributed by atoms with Crippen LogP contribution in [-0.4, -0.2) is 18.2 Å². The second-order valence-electron chi connectivity index (χ2n) is 6.34. The van der Waals surface area contributed by atoms with E-state index in [0.717, 1.165) is 16.8 Å². The van der Waals surface area contributed by atoms with Gasteiger partial charge in [-0.1, -0.05) is 60.7 Å². The van der Waals surface area contributed by atoms with E-state index in [0.29, 0.717) is 5.69 Å². The van der Waals surface area contributed by atoms with Crippen LogP contribution in [0.15, 0.2) is 95.9 Å². The Balaban J connectivity index is 1.82. The molecule has 1 aromatic heterocycles. The number of benzene rings is 3. The van der Waals surface area contributed by atoms with E-state index in [1.165, 1.54) is 16.8 Å². The van der Waals surface area contributed by atoms with Gasteiger partial charge in [-0.25, -0.2) is 0 Å². The molecule has 0 amide bonds. The fourth-order valence-corrected chi connectivity index (χ4v) is 3.80. The quantitative estimate of drug-likeness (QED) is 0.467. The van der Waals surface area contributed by atoms with E-state index >= 15 is 0 Å². The minimum atomic E-state index is -3.98. The largest absolute Gasteiger partial charge is 0.358 e. The summed E-state index contributed by atoms with van der Waals surface area (Å²) in [7, 11) is -3.98. The number of rotatable bonds is 5. The van der Waals surface area contributed by atoms with E-state index in [1.807, 2.05) is 61.5 Å². The molecule has 4 rings (SSSR count). The lowest BCUT2D eigenvalue weighted by Gasteiger charge is -2.09. The maximum atomic E-state index is 12.7. The predicted octanol–water partition coefficient (Wildman–Crippen LogP) is 4.62. The SMILES string of the molecule is Cc1cccc(-n2nc(-c3ccccc3)cc2OS(=O)(=O)c2ccccc2)c1. The Morgan fingerprint density at radius 1 is 0.821 bits per heavy atom. The Kier molecular flexibility index (Phi) is 4.71. The molecule has 28 heavy (non-hydrogen) atoms. The van der Waals surface area contributed by atoms with E-state index in [4.69, 9.17) is 4.18 Å². The molecule has 0 saturated heterocycles. The second kappa shape index (κ2) is 7.32. The summed E-state index contributed by atoms with van der Waals surface area (Å²) in [5, 5.41) is 4.60. The predicted molar refractivity (Wildman–Crippen MR) is 108 cm³/mol. The zero-order valence-electron chi connectivity index (χ0n) is 15.2. The molecule has 0 aliphatic heterocycles. The maximum Gasteiger partial charge on any atom is 0.340 e. The summed E-state index contributed by atoms with van der Waals surface area (Å²) in [6.07, 6.45) is 0. The fraction of sp³-hybridized carbons (Fsp3) is 0.0455. The highest BCUT2D eigenvalue weighted by Crippen LogP contribution is 2.28. The lowest BCUT2D eigenvalue weighted by Crippen LogP contribution is -2.12. The van der Waals surface area contributed by atoms with Gasteiger partial charge in [-0.15, -0.1) is 0 Å². The zero-order valence-corrected chi connectivity index (χ0v) is 16.0. The van der Waals surface area contributed by atoms with E-state index in [-0.39, 0.29) is 10.8 Å². The summed E-state index contributed by atoms with van der Waals surface area (Å²) in [6.45, 7) is 1.96. The number of hydrogen-bond donors (Lipinski definition) is 0. The molecule has 0 unspecified atom stereocenters. The third kappa shape index (κ3) is 3.68. The monoisotopic (exact) mass is 390 g/mol. The first-order chi connectivity index (χ1) is 13.5. The van der Waals surface area contributed by atoms with Crippen LogP contribution in [0.1, 0.15) is 5.56 Å². The molecule has 140 valence electrons. The Morgan fingerprint density at radius 2 is 1.50 bits per heavy atom. The standard InChI is InChI=1S/C22H18N2O3S/c1-17-9-8-12-19(15-17)24-22(16-21(23-24)18-10-4-2-5-11-18)27-28(25,26)20-13-6-3-7-14-20/h2-16H,1H3. The topological polar surface area (TPSA) is 61.2 Å². The van der Waals surface area contributed by atoms with Crippen molar-refractivity contribution in [2.75, 3.05) is 0 Å². The molecule has 0 bridgehead atoms. The third-order valence-corrected chi connectivity index (χ3v) is 5.46. The summed E-state index contributed by atoms with van der Waals surface area (Å²) in [6, 6.07) is 26.9. The van der Waals surface area contributed by atoms with E-state index in [2.05, 4.69) is 5.10 Å². The van der Waals surface area contributed by atoms with Crippen molar-refractivity contribution in [3.05, 3.63) is 96.6 Å². The van der Waals surface area contributed by atoms with Crippen LogP contribution < -0.4 is 4.18 Å². The van der Waals surface area contributed by atoms with Crippen molar-refractivity contribution < 1.29 is 12.6 Å². The number of hydrogen-bond acceptors (Lipinski definition) is 4. The first-order valence-electron chi connectivity index (χ1n) is 8.75. The van der Waals surface area contributed by atoms with Crippen LogP contribution in [0.5, 0.6) is 5.88 Å². The van der Waals surface area contributed by atoms with Crippen molar-refractivity contribution in [2.24, 2.45) is 0 Å². The molecule has 0 aliphatic rings. The molecule has 3 aromatic carbocycles. The van der Waals surface area contributed by atoms with Gasteiger partial charge in [-0.05, 0) is 36.8 Å². The van der Waals surface area contributed by atoms with E-state index in [1.54, 1.807) is 24.3 Å². The summed E-state index contributed by atoms with van der Waals surface area (Å²) >= 11 is 0. The van der Waals surface area contributed by atoms with Gasteiger partial charge in [0, 0.05) is 11.6 Å². The van der Waals surface area contributed by atoms with Crippen LogP contribution in [0.25, 0.3) is 16.9 Å². The third-order valence-electron chi connectivity index (χ3n) is 4.22. The number of aromatic nitrogens is 2. The Bertz CT molecular complexity index is 1200. The average Bonchev–Trinajstić information content (AvgIpc) is 3.12. The van der Waals surface area contributed by atoms with Crippen molar-refractivity contribution in [3.63, 3.8) is 0 Å². The van der Waals surface area contributed by atoms with E-state index in [9.17, 15) is 8.42 Å². The molecule has 4 aromatic rings. The number of nitrogens with zero attached hydrogens (tertiary/aromatic N) is 2. The van der Waals surface area contributed by atoms with Crippen LogP contribution in [0.3, 0.4) is 0 Å². The summed E-state index contributed by atoms with van der Waals surface area (Å²) < 4.78 is 32.5. The van der Waals surface area contributed by atoms with E-state index < -0.39 is 10.1 Å². The summed E-state index contributed by atoms with van der Waals surface area (Å²) in [5.41, 5.74) is 3.25. The smallest absolute Gasteiger partial charge is 0.340 e. The lowest BCUT2D eigenvalue weighted by molar-refractivity contribution is 0.465. The van der Waals surface area contributed by atoms with Gasteiger partial charge in [0.05, 0.1) is 11.4 Å². The summed E-state index contributed by atoms with van der Waals surface area (Å²) in [4.78, 5) is 0.0910. The van der Waals surface area contributed by atoms with Crippen molar-refractivity contribution in [1.29, 1.82) is 0 Å². The Hall–Kier alpha value is -3.38. The molecule has 0 aliphatic carbocycles.